The van der Waals surface area contributed by atoms with Gasteiger partial charge in [0.05, 0.1) is 7.11 Å². The van der Waals surface area contributed by atoms with Crippen molar-refractivity contribution in [3.8, 4) is 5.75 Å². The van der Waals surface area contributed by atoms with E-state index in [1.807, 2.05) is 17.0 Å². The van der Waals surface area contributed by atoms with E-state index in [1.165, 1.54) is 12.5 Å². The molecule has 7 heteroatoms. The van der Waals surface area contributed by atoms with Crippen LogP contribution in [-0.2, 0) is 11.2 Å². The van der Waals surface area contributed by atoms with Crippen LogP contribution < -0.4 is 15.4 Å². The molecular weight excluding hydrogens is 368 g/mol. The average Bonchev–Trinajstić information content (AvgIpc) is 2.74. The largest absolute Gasteiger partial charge is 0.497 e. The maximum Gasteiger partial charge on any atom is 0.321 e. The Morgan fingerprint density at radius 1 is 0.897 bits per heavy atom. The topological polar surface area (TPSA) is 73.9 Å². The van der Waals surface area contributed by atoms with Gasteiger partial charge in [0.15, 0.2) is 0 Å². The number of nitrogens with zero attached hydrogens (tertiary/aromatic N) is 2. The Morgan fingerprint density at radius 3 is 2.03 bits per heavy atom. The highest BCUT2D eigenvalue weighted by molar-refractivity contribution is 5.91. The van der Waals surface area contributed by atoms with Crippen LogP contribution in [0.25, 0.3) is 0 Å². The molecule has 1 saturated heterocycles. The van der Waals surface area contributed by atoms with Gasteiger partial charge in [-0.1, -0.05) is 12.1 Å². The van der Waals surface area contributed by atoms with Crippen LogP contribution in [-0.4, -0.2) is 61.6 Å². The molecule has 1 aliphatic rings. The maximum absolute atomic E-state index is 12.5. The van der Waals surface area contributed by atoms with Crippen LogP contribution in [0.1, 0.15) is 12.5 Å². The molecule has 1 aliphatic heterocycles. The zero-order valence-corrected chi connectivity index (χ0v) is 17.0. The molecule has 7 nitrogen and oxygen atoms in total. The first-order valence-corrected chi connectivity index (χ1v) is 9.82. The number of anilines is 2. The lowest BCUT2D eigenvalue weighted by Crippen LogP contribution is -2.50. The molecule has 0 bridgehead atoms. The minimum absolute atomic E-state index is 0.0907. The SMILES string of the molecule is COc1ccc(CCN2CCN(C(=O)Nc3ccc(NC(C)=O)cc3)CC2)cc1. The Bertz CT molecular complexity index is 813. The van der Waals surface area contributed by atoms with Crippen LogP contribution >= 0.6 is 0 Å². The van der Waals surface area contributed by atoms with Gasteiger partial charge in [0, 0.05) is 51.0 Å². The van der Waals surface area contributed by atoms with E-state index < -0.39 is 0 Å². The van der Waals surface area contributed by atoms with E-state index in [4.69, 9.17) is 4.74 Å². The average molecular weight is 396 g/mol. The molecule has 29 heavy (non-hydrogen) atoms. The number of hydrogen-bond acceptors (Lipinski definition) is 4. The molecule has 2 aromatic carbocycles. The third kappa shape index (κ3) is 6.22. The van der Waals surface area contributed by atoms with E-state index in [-0.39, 0.29) is 11.9 Å². The first-order chi connectivity index (χ1) is 14.0. The molecule has 0 spiro atoms. The van der Waals surface area contributed by atoms with E-state index in [2.05, 4.69) is 27.7 Å². The Kier molecular flexibility index (Phi) is 7.08. The third-order valence-corrected chi connectivity index (χ3v) is 4.99. The predicted octanol–water partition coefficient (Wildman–Crippen LogP) is 3.05. The van der Waals surface area contributed by atoms with Crippen LogP contribution in [0.15, 0.2) is 48.5 Å². The molecule has 3 amide bonds. The summed E-state index contributed by atoms with van der Waals surface area (Å²) in [6, 6.07) is 15.2. The number of nitrogens with one attached hydrogen (secondary N) is 2. The monoisotopic (exact) mass is 396 g/mol. The van der Waals surface area contributed by atoms with E-state index >= 15 is 0 Å². The number of amides is 3. The molecule has 0 aromatic heterocycles. The number of rotatable bonds is 6. The number of methoxy groups -OCH3 is 1. The third-order valence-electron chi connectivity index (χ3n) is 4.99. The van der Waals surface area contributed by atoms with Crippen molar-refractivity contribution in [1.29, 1.82) is 0 Å². The summed E-state index contributed by atoms with van der Waals surface area (Å²) in [5, 5.41) is 5.63. The molecule has 3 rings (SSSR count). The van der Waals surface area contributed by atoms with Crippen molar-refractivity contribution < 1.29 is 14.3 Å². The minimum atomic E-state index is -0.119. The summed E-state index contributed by atoms with van der Waals surface area (Å²) in [5.74, 6) is 0.754. The van der Waals surface area contributed by atoms with Crippen molar-refractivity contribution in [2.75, 3.05) is 50.5 Å². The zero-order chi connectivity index (χ0) is 20.6. The van der Waals surface area contributed by atoms with Crippen molar-refractivity contribution in [3.63, 3.8) is 0 Å². The quantitative estimate of drug-likeness (QED) is 0.787. The number of benzene rings is 2. The molecule has 0 aliphatic carbocycles. The van der Waals surface area contributed by atoms with Gasteiger partial charge >= 0.3 is 6.03 Å². The minimum Gasteiger partial charge on any atom is -0.497 e. The molecule has 2 N–H and O–H groups in total. The van der Waals surface area contributed by atoms with Crippen molar-refractivity contribution in [2.24, 2.45) is 0 Å². The first-order valence-electron chi connectivity index (χ1n) is 9.82. The lowest BCUT2D eigenvalue weighted by atomic mass is 10.1. The first kappa shape index (κ1) is 20.7. The fraction of sp³-hybridized carbons (Fsp3) is 0.364. The lowest BCUT2D eigenvalue weighted by molar-refractivity contribution is -0.114. The van der Waals surface area contributed by atoms with Gasteiger partial charge < -0.3 is 20.3 Å². The fourth-order valence-corrected chi connectivity index (χ4v) is 3.30. The molecule has 0 saturated carbocycles. The molecule has 154 valence electrons. The smallest absolute Gasteiger partial charge is 0.321 e. The number of hydrogen-bond donors (Lipinski definition) is 2. The summed E-state index contributed by atoms with van der Waals surface area (Å²) in [6.45, 7) is 5.59. The van der Waals surface area contributed by atoms with Gasteiger partial charge in [0.25, 0.3) is 0 Å². The van der Waals surface area contributed by atoms with Gasteiger partial charge in [0.2, 0.25) is 5.91 Å². The van der Waals surface area contributed by atoms with Gasteiger partial charge in [-0.05, 0) is 48.4 Å². The highest BCUT2D eigenvalue weighted by Crippen LogP contribution is 2.15. The second kappa shape index (κ2) is 9.93. The lowest BCUT2D eigenvalue weighted by Gasteiger charge is -2.34. The van der Waals surface area contributed by atoms with Gasteiger partial charge in [-0.15, -0.1) is 0 Å². The van der Waals surface area contributed by atoms with Gasteiger partial charge in [0.1, 0.15) is 5.75 Å². The molecule has 0 radical (unpaired) electrons. The summed E-state index contributed by atoms with van der Waals surface area (Å²) in [4.78, 5) is 27.8. The van der Waals surface area contributed by atoms with E-state index in [1.54, 1.807) is 31.4 Å². The Balaban J connectivity index is 1.41. The standard InChI is InChI=1S/C22H28N4O3/c1-17(27)23-19-5-7-20(8-6-19)24-22(28)26-15-13-25(14-16-26)12-11-18-3-9-21(29-2)10-4-18/h3-10H,11-16H2,1-2H3,(H,23,27)(H,24,28). The summed E-state index contributed by atoms with van der Waals surface area (Å²) in [5.41, 5.74) is 2.71. The molecule has 0 atom stereocenters. The van der Waals surface area contributed by atoms with Crippen LogP contribution in [0.4, 0.5) is 16.2 Å². The molecule has 1 heterocycles. The Hall–Kier alpha value is -3.06. The molecule has 1 fully saturated rings. The van der Waals surface area contributed by atoms with Crippen molar-refractivity contribution in [2.45, 2.75) is 13.3 Å². The highest BCUT2D eigenvalue weighted by Gasteiger charge is 2.20. The summed E-state index contributed by atoms with van der Waals surface area (Å²) < 4.78 is 5.19. The van der Waals surface area contributed by atoms with E-state index in [0.717, 1.165) is 31.8 Å². The van der Waals surface area contributed by atoms with E-state index in [0.29, 0.717) is 24.5 Å². The number of piperazine rings is 1. The van der Waals surface area contributed by atoms with Crippen LogP contribution in [0, 0.1) is 0 Å². The molecule has 0 unspecified atom stereocenters. The second-order valence-electron chi connectivity index (χ2n) is 7.12. The van der Waals surface area contributed by atoms with Crippen molar-refractivity contribution >= 4 is 23.3 Å². The maximum atomic E-state index is 12.5. The van der Waals surface area contributed by atoms with Crippen LogP contribution in [0.5, 0.6) is 5.75 Å². The highest BCUT2D eigenvalue weighted by atomic mass is 16.5. The van der Waals surface area contributed by atoms with Gasteiger partial charge in [-0.2, -0.15) is 0 Å². The molecular formula is C22H28N4O3. The zero-order valence-electron chi connectivity index (χ0n) is 17.0. The molecule has 2 aromatic rings. The van der Waals surface area contributed by atoms with Gasteiger partial charge in [-0.25, -0.2) is 4.79 Å². The summed E-state index contributed by atoms with van der Waals surface area (Å²) in [7, 11) is 1.67. The summed E-state index contributed by atoms with van der Waals surface area (Å²) in [6.07, 6.45) is 0.983. The number of carbonyl (C=O) groups is 2. The predicted molar refractivity (Wildman–Crippen MR) is 114 cm³/mol. The number of urea groups is 1. The second-order valence-corrected chi connectivity index (χ2v) is 7.12. The van der Waals surface area contributed by atoms with Gasteiger partial charge in [-0.3, -0.25) is 9.69 Å². The van der Waals surface area contributed by atoms with Crippen molar-refractivity contribution in [1.82, 2.24) is 9.80 Å². The number of ether oxygens (including phenoxy) is 1. The van der Waals surface area contributed by atoms with Crippen LogP contribution in [0.3, 0.4) is 0 Å². The Morgan fingerprint density at radius 2 is 1.48 bits per heavy atom. The number of carbonyl (C=O) groups excluding carboxylic acids is 2. The fourth-order valence-electron chi connectivity index (χ4n) is 3.30. The normalized spacial score (nSPS) is 14.3. The Labute approximate surface area is 171 Å². The summed E-state index contributed by atoms with van der Waals surface area (Å²) >= 11 is 0. The van der Waals surface area contributed by atoms with E-state index in [9.17, 15) is 9.59 Å². The van der Waals surface area contributed by atoms with Crippen LogP contribution in [0.2, 0.25) is 0 Å². The van der Waals surface area contributed by atoms with Crippen molar-refractivity contribution in [3.05, 3.63) is 54.1 Å².